The summed E-state index contributed by atoms with van der Waals surface area (Å²) >= 11 is 5.98. The summed E-state index contributed by atoms with van der Waals surface area (Å²) in [6, 6.07) is 9.54. The molecule has 266 valence electrons. The molecule has 50 heavy (non-hydrogen) atoms. The zero-order valence-electron chi connectivity index (χ0n) is 27.3. The van der Waals surface area contributed by atoms with Gasteiger partial charge in [-0.1, -0.05) is 29.8 Å². The van der Waals surface area contributed by atoms with E-state index < -0.39 is 40.6 Å². The number of H-pyrrole nitrogens is 1. The Hall–Kier alpha value is -4.30. The van der Waals surface area contributed by atoms with Crippen LogP contribution >= 0.6 is 11.6 Å². The number of hydrogen-bond donors (Lipinski definition) is 2. The number of para-hydroxylation sites is 1. The lowest BCUT2D eigenvalue weighted by Crippen LogP contribution is -2.51. The van der Waals surface area contributed by atoms with Gasteiger partial charge in [-0.05, 0) is 75.4 Å². The van der Waals surface area contributed by atoms with Crippen LogP contribution in [0, 0.1) is 0 Å². The zero-order valence-corrected chi connectivity index (χ0v) is 28.0. The second-order valence-electron chi connectivity index (χ2n) is 13.4. The molecule has 15 heteroatoms. The molecular formula is C35H38ClF3N6O5. The molecule has 3 saturated heterocycles. The largest absolute Gasteiger partial charge is 0.506 e. The smallest absolute Gasteiger partial charge is 0.420 e. The fraction of sp³-hybridized carbons (Fsp3) is 0.486. The van der Waals surface area contributed by atoms with Gasteiger partial charge in [0.25, 0.3) is 5.91 Å². The van der Waals surface area contributed by atoms with Gasteiger partial charge < -0.3 is 29.5 Å². The molecule has 5 heterocycles. The summed E-state index contributed by atoms with van der Waals surface area (Å²) in [5.41, 5.74) is 0.508. The number of alkyl halides is 3. The van der Waals surface area contributed by atoms with Crippen molar-refractivity contribution >= 4 is 45.5 Å². The molecule has 1 atom stereocenters. The number of phenols is 1. The van der Waals surface area contributed by atoms with Gasteiger partial charge in [0.2, 0.25) is 0 Å². The number of imidazole rings is 1. The summed E-state index contributed by atoms with van der Waals surface area (Å²) in [5, 5.41) is 10.3. The van der Waals surface area contributed by atoms with Gasteiger partial charge >= 0.3 is 18.0 Å². The number of phenolic OH excluding ortho intramolecular Hbond substituents is 1. The number of hydrogen-bond acceptors (Lipinski definition) is 7. The highest BCUT2D eigenvalue weighted by Crippen LogP contribution is 2.41. The Balaban J connectivity index is 1.07. The first-order chi connectivity index (χ1) is 24.0. The average Bonchev–Trinajstić information content (AvgIpc) is 3.77. The van der Waals surface area contributed by atoms with Crippen LogP contribution in [-0.4, -0.2) is 97.8 Å². The number of likely N-dealkylation sites (tertiary alicyclic amines) is 3. The van der Waals surface area contributed by atoms with E-state index in [1.807, 2.05) is 24.3 Å². The Morgan fingerprint density at radius 2 is 1.64 bits per heavy atom. The van der Waals surface area contributed by atoms with E-state index in [9.17, 15) is 32.7 Å². The second kappa shape index (κ2) is 13.8. The number of nitrogens with zero attached hydrogens (tertiary/aromatic N) is 5. The summed E-state index contributed by atoms with van der Waals surface area (Å²) in [5.74, 6) is -1.59. The van der Waals surface area contributed by atoms with Crippen LogP contribution in [0.15, 0.2) is 47.4 Å². The van der Waals surface area contributed by atoms with E-state index in [0.717, 1.165) is 61.8 Å². The minimum Gasteiger partial charge on any atom is -0.506 e. The van der Waals surface area contributed by atoms with E-state index in [4.69, 9.17) is 16.3 Å². The van der Waals surface area contributed by atoms with E-state index in [2.05, 4.69) is 14.9 Å². The lowest BCUT2D eigenvalue weighted by molar-refractivity contribution is -0.142. The number of aromatic amines is 1. The second-order valence-corrected chi connectivity index (χ2v) is 13.8. The van der Waals surface area contributed by atoms with Gasteiger partial charge in [-0.2, -0.15) is 13.2 Å². The van der Waals surface area contributed by atoms with Crippen molar-refractivity contribution in [3.05, 3.63) is 69.2 Å². The summed E-state index contributed by atoms with van der Waals surface area (Å²) in [6.07, 6.45) is -1.11. The first-order valence-corrected chi connectivity index (χ1v) is 17.4. The fourth-order valence-electron chi connectivity index (χ4n) is 7.73. The van der Waals surface area contributed by atoms with Crippen molar-refractivity contribution in [3.8, 4) is 5.75 Å². The summed E-state index contributed by atoms with van der Waals surface area (Å²) in [4.78, 5) is 53.6. The van der Waals surface area contributed by atoms with Gasteiger partial charge in [0.1, 0.15) is 5.75 Å². The number of nitrogens with one attached hydrogen (secondary N) is 1. The highest BCUT2D eigenvalue weighted by Gasteiger charge is 2.38. The number of carbonyl (C=O) groups is 2. The number of benzene rings is 2. The Kier molecular flexibility index (Phi) is 9.42. The van der Waals surface area contributed by atoms with Gasteiger partial charge in [-0.25, -0.2) is 9.59 Å². The van der Waals surface area contributed by atoms with Crippen molar-refractivity contribution in [2.45, 2.75) is 69.3 Å². The molecule has 7 rings (SSSR count). The number of amides is 2. The van der Waals surface area contributed by atoms with Gasteiger partial charge in [0.15, 0.2) is 6.10 Å². The number of aromatic hydroxyl groups is 1. The minimum absolute atomic E-state index is 0.00298. The molecule has 0 bridgehead atoms. The maximum Gasteiger partial charge on any atom is 0.420 e. The quantitative estimate of drug-likeness (QED) is 0.262. The van der Waals surface area contributed by atoms with E-state index in [1.54, 1.807) is 15.7 Å². The first kappa shape index (κ1) is 34.2. The number of carbonyl (C=O) groups excluding carboxylic acids is 2. The Bertz CT molecular complexity index is 1960. The summed E-state index contributed by atoms with van der Waals surface area (Å²) in [7, 11) is 0. The number of pyridine rings is 1. The van der Waals surface area contributed by atoms with Crippen LogP contribution in [0.25, 0.3) is 21.9 Å². The zero-order chi connectivity index (χ0) is 35.2. The molecule has 2 N–H and O–H groups in total. The molecule has 0 aliphatic carbocycles. The van der Waals surface area contributed by atoms with Crippen LogP contribution in [0.1, 0.15) is 55.7 Å². The highest BCUT2D eigenvalue weighted by molar-refractivity contribution is 6.32. The molecular weight excluding hydrogens is 677 g/mol. The van der Waals surface area contributed by atoms with Crippen LogP contribution in [0.2, 0.25) is 5.02 Å². The standard InChI is InChI=1S/C35H38ClF3N6O5/c36-26-18-21(17-25(31(26)46)35(37,38)39)19-29(32(47)43-13-7-22(8-14-43)42-11-3-4-12-42)50-34(49)44-15-9-23(10-16-44)45-28-20-40-27-6-2-1-5-24(27)30(28)41-33(45)48/h1-2,5-6,17-18,20,22-23,29,46H,3-4,7-16,19H2,(H,41,48). The van der Waals surface area contributed by atoms with E-state index in [1.165, 1.54) is 4.90 Å². The van der Waals surface area contributed by atoms with Crippen LogP contribution < -0.4 is 5.69 Å². The Morgan fingerprint density at radius 3 is 2.34 bits per heavy atom. The predicted molar refractivity (Wildman–Crippen MR) is 180 cm³/mol. The van der Waals surface area contributed by atoms with E-state index >= 15 is 0 Å². The van der Waals surface area contributed by atoms with Gasteiger partial charge in [0, 0.05) is 50.1 Å². The Morgan fingerprint density at radius 1 is 0.980 bits per heavy atom. The predicted octanol–water partition coefficient (Wildman–Crippen LogP) is 5.73. The number of ether oxygens (including phenoxy) is 1. The summed E-state index contributed by atoms with van der Waals surface area (Å²) < 4.78 is 48.6. The molecule has 2 amide bonds. The molecule has 11 nitrogen and oxygen atoms in total. The Labute approximate surface area is 290 Å². The highest BCUT2D eigenvalue weighted by atomic mass is 35.5. The van der Waals surface area contributed by atoms with Crippen LogP contribution in [0.5, 0.6) is 5.75 Å². The number of halogens is 4. The summed E-state index contributed by atoms with van der Waals surface area (Å²) in [6.45, 7) is 3.40. The van der Waals surface area contributed by atoms with Gasteiger partial charge in [-0.3, -0.25) is 14.3 Å². The fourth-order valence-corrected chi connectivity index (χ4v) is 7.97. The van der Waals surface area contributed by atoms with Gasteiger partial charge in [-0.15, -0.1) is 0 Å². The van der Waals surface area contributed by atoms with Crippen molar-refractivity contribution in [1.29, 1.82) is 0 Å². The van der Waals surface area contributed by atoms with Crippen molar-refractivity contribution < 1.29 is 32.6 Å². The molecule has 3 fully saturated rings. The van der Waals surface area contributed by atoms with Crippen LogP contribution in [0.3, 0.4) is 0 Å². The number of rotatable bonds is 6. The van der Waals surface area contributed by atoms with Crippen LogP contribution in [0.4, 0.5) is 18.0 Å². The van der Waals surface area contributed by atoms with E-state index in [-0.39, 0.29) is 36.8 Å². The normalized spacial score (nSPS) is 19.0. The molecule has 2 aromatic heterocycles. The lowest BCUT2D eigenvalue weighted by Gasteiger charge is -2.38. The third-order valence-corrected chi connectivity index (χ3v) is 10.6. The topological polar surface area (TPSA) is 124 Å². The molecule has 2 aromatic carbocycles. The molecule has 0 saturated carbocycles. The monoisotopic (exact) mass is 714 g/mol. The molecule has 0 radical (unpaired) electrons. The maximum atomic E-state index is 13.9. The SMILES string of the molecule is O=C(OC(Cc1cc(Cl)c(O)c(C(F)(F)F)c1)C(=O)N1CCC(N2CCCC2)CC1)N1CCC(n2c(=O)[nH]c3c4ccccc4ncc32)CC1. The van der Waals surface area contributed by atoms with Crippen molar-refractivity contribution in [2.75, 3.05) is 39.3 Å². The number of fused-ring (bicyclic) bond motifs is 3. The maximum absolute atomic E-state index is 13.9. The number of piperidine rings is 2. The molecule has 0 spiro atoms. The molecule has 4 aromatic rings. The van der Waals surface area contributed by atoms with Gasteiger partial charge in [0.05, 0.1) is 33.3 Å². The van der Waals surface area contributed by atoms with Crippen molar-refractivity contribution in [1.82, 2.24) is 29.2 Å². The lowest BCUT2D eigenvalue weighted by atomic mass is 10.00. The van der Waals surface area contributed by atoms with E-state index in [0.29, 0.717) is 43.0 Å². The number of aromatic nitrogens is 3. The molecule has 1 unspecified atom stereocenters. The third-order valence-electron chi connectivity index (χ3n) is 10.4. The average molecular weight is 715 g/mol. The third kappa shape index (κ3) is 6.74. The first-order valence-electron chi connectivity index (χ1n) is 17.0. The van der Waals surface area contributed by atoms with Crippen molar-refractivity contribution in [3.63, 3.8) is 0 Å². The minimum atomic E-state index is -4.89. The van der Waals surface area contributed by atoms with Crippen molar-refractivity contribution in [2.24, 2.45) is 0 Å². The molecule has 3 aliphatic rings. The molecule has 3 aliphatic heterocycles. The van der Waals surface area contributed by atoms with Crippen LogP contribution in [-0.2, 0) is 22.1 Å².